The van der Waals surface area contributed by atoms with Gasteiger partial charge in [0.2, 0.25) is 10.0 Å². The number of hydrogen-bond donors (Lipinski definition) is 3. The van der Waals surface area contributed by atoms with E-state index < -0.39 is 16.1 Å². The first-order chi connectivity index (χ1) is 8.33. The Bertz CT molecular complexity index is 547. The van der Waals surface area contributed by atoms with Crippen LogP contribution in [0.25, 0.3) is 0 Å². The van der Waals surface area contributed by atoms with Gasteiger partial charge in [-0.3, -0.25) is 0 Å². The van der Waals surface area contributed by atoms with Crippen molar-refractivity contribution in [2.45, 2.75) is 4.90 Å². The lowest BCUT2D eigenvalue weighted by atomic mass is 10.3. The second kappa shape index (κ2) is 5.89. The van der Waals surface area contributed by atoms with E-state index in [-0.39, 0.29) is 23.1 Å². The maximum absolute atomic E-state index is 11.8. The molecule has 0 saturated carbocycles. The number of primary amides is 1. The lowest BCUT2D eigenvalue weighted by Crippen LogP contribution is -2.29. The van der Waals surface area contributed by atoms with Crippen LogP contribution < -0.4 is 16.2 Å². The van der Waals surface area contributed by atoms with Gasteiger partial charge in [-0.1, -0.05) is 11.6 Å². The number of benzene rings is 1. The lowest BCUT2D eigenvalue weighted by Gasteiger charge is -2.08. The summed E-state index contributed by atoms with van der Waals surface area (Å²) in [6, 6.07) is 4.03. The number of nitrogens with two attached hydrogens (primary N) is 2. The molecule has 1 amide bonds. The molecule has 0 aliphatic heterocycles. The molecule has 0 saturated heterocycles. The molecule has 1 aromatic carbocycles. The third-order valence-electron chi connectivity index (χ3n) is 1.88. The molecule has 0 heterocycles. The number of carbonyl (C=O) groups excluding carboxylic acids is 1. The molecule has 100 valence electrons. The van der Waals surface area contributed by atoms with Gasteiger partial charge in [0.05, 0.1) is 5.02 Å². The normalized spacial score (nSPS) is 11.2. The molecular weight excluding hydrogens is 282 g/mol. The molecule has 18 heavy (non-hydrogen) atoms. The van der Waals surface area contributed by atoms with Crippen LogP contribution in [0.1, 0.15) is 0 Å². The molecule has 7 nitrogen and oxygen atoms in total. The molecule has 1 aromatic rings. The van der Waals surface area contributed by atoms with E-state index in [4.69, 9.17) is 23.1 Å². The van der Waals surface area contributed by atoms with Gasteiger partial charge >= 0.3 is 6.09 Å². The van der Waals surface area contributed by atoms with E-state index in [0.29, 0.717) is 5.69 Å². The zero-order chi connectivity index (χ0) is 13.8. The van der Waals surface area contributed by atoms with E-state index in [0.717, 1.165) is 0 Å². The predicted octanol–water partition coefficient (Wildman–Crippen LogP) is 0.296. The summed E-state index contributed by atoms with van der Waals surface area (Å²) in [6.45, 7) is -0.271. The van der Waals surface area contributed by atoms with Crippen molar-refractivity contribution in [3.8, 4) is 0 Å². The highest BCUT2D eigenvalue weighted by molar-refractivity contribution is 7.89. The maximum Gasteiger partial charge on any atom is 0.404 e. The molecule has 0 aliphatic carbocycles. The number of anilines is 1. The Morgan fingerprint density at radius 1 is 1.44 bits per heavy atom. The average molecular weight is 294 g/mol. The fourth-order valence-corrected chi connectivity index (χ4v) is 2.70. The van der Waals surface area contributed by atoms with Crippen LogP contribution in [-0.4, -0.2) is 27.7 Å². The SMILES string of the molecule is NC(=O)OCCNS(=O)(=O)c1ccc(N)cc1Cl. The smallest absolute Gasteiger partial charge is 0.404 e. The molecule has 0 fully saturated rings. The molecule has 1 rings (SSSR count). The zero-order valence-electron chi connectivity index (χ0n) is 9.22. The summed E-state index contributed by atoms with van der Waals surface area (Å²) in [5.41, 5.74) is 10.5. The van der Waals surface area contributed by atoms with Crippen molar-refractivity contribution >= 4 is 33.4 Å². The van der Waals surface area contributed by atoms with E-state index in [1.165, 1.54) is 18.2 Å². The Hall–Kier alpha value is -1.51. The molecule has 0 radical (unpaired) electrons. The highest BCUT2D eigenvalue weighted by Crippen LogP contribution is 2.23. The van der Waals surface area contributed by atoms with Crippen LogP contribution in [0.15, 0.2) is 23.1 Å². The molecule has 0 atom stereocenters. The van der Waals surface area contributed by atoms with E-state index in [1.54, 1.807) is 0 Å². The van der Waals surface area contributed by atoms with Gasteiger partial charge in [0, 0.05) is 12.2 Å². The first-order valence-corrected chi connectivity index (χ1v) is 6.66. The number of ether oxygens (including phenoxy) is 1. The monoisotopic (exact) mass is 293 g/mol. The molecule has 0 spiro atoms. The van der Waals surface area contributed by atoms with E-state index in [1.807, 2.05) is 0 Å². The predicted molar refractivity (Wildman–Crippen MR) is 66.6 cm³/mol. The van der Waals surface area contributed by atoms with Gasteiger partial charge < -0.3 is 16.2 Å². The second-order valence-electron chi connectivity index (χ2n) is 3.26. The molecule has 0 aromatic heterocycles. The Kier molecular flexibility index (Phi) is 4.76. The van der Waals surface area contributed by atoms with Crippen LogP contribution in [0, 0.1) is 0 Å². The van der Waals surface area contributed by atoms with Gasteiger partial charge in [-0.05, 0) is 18.2 Å². The van der Waals surface area contributed by atoms with Crippen LogP contribution in [-0.2, 0) is 14.8 Å². The lowest BCUT2D eigenvalue weighted by molar-refractivity contribution is 0.159. The number of sulfonamides is 1. The summed E-state index contributed by atoms with van der Waals surface area (Å²) in [7, 11) is -3.78. The molecule has 0 aliphatic rings. The Balaban J connectivity index is 2.71. The van der Waals surface area contributed by atoms with Crippen LogP contribution in [0.3, 0.4) is 0 Å². The van der Waals surface area contributed by atoms with Gasteiger partial charge in [0.15, 0.2) is 0 Å². The van der Waals surface area contributed by atoms with Gasteiger partial charge in [-0.2, -0.15) is 0 Å². The molecule has 0 bridgehead atoms. The van der Waals surface area contributed by atoms with Gasteiger partial charge in [0.25, 0.3) is 0 Å². The largest absolute Gasteiger partial charge is 0.448 e. The zero-order valence-corrected chi connectivity index (χ0v) is 10.8. The van der Waals surface area contributed by atoms with Crippen molar-refractivity contribution < 1.29 is 17.9 Å². The fourth-order valence-electron chi connectivity index (χ4n) is 1.14. The fraction of sp³-hybridized carbons (Fsp3) is 0.222. The molecule has 0 unspecified atom stereocenters. The van der Waals surface area contributed by atoms with Crippen molar-refractivity contribution in [2.75, 3.05) is 18.9 Å². The van der Waals surface area contributed by atoms with Crippen molar-refractivity contribution in [2.24, 2.45) is 5.73 Å². The summed E-state index contributed by atoms with van der Waals surface area (Å²) in [5.74, 6) is 0. The third-order valence-corrected chi connectivity index (χ3v) is 3.83. The summed E-state index contributed by atoms with van der Waals surface area (Å²) < 4.78 is 30.2. The topological polar surface area (TPSA) is 125 Å². The van der Waals surface area contributed by atoms with E-state index in [9.17, 15) is 13.2 Å². The number of halogens is 1. The Morgan fingerprint density at radius 2 is 2.11 bits per heavy atom. The minimum absolute atomic E-state index is 0.0123. The quantitative estimate of drug-likeness (QED) is 0.532. The standard InChI is InChI=1S/C9H12ClN3O4S/c10-7-5-6(11)1-2-8(7)18(15,16)13-3-4-17-9(12)14/h1-2,5,13H,3-4,11H2,(H2,12,14). The number of amides is 1. The highest BCUT2D eigenvalue weighted by Gasteiger charge is 2.17. The second-order valence-corrected chi connectivity index (χ2v) is 5.40. The number of carbonyl (C=O) groups is 1. The van der Waals surface area contributed by atoms with Crippen molar-refractivity contribution in [3.63, 3.8) is 0 Å². The Morgan fingerprint density at radius 3 is 2.67 bits per heavy atom. The van der Waals surface area contributed by atoms with Crippen molar-refractivity contribution in [1.29, 1.82) is 0 Å². The van der Waals surface area contributed by atoms with E-state index in [2.05, 4.69) is 9.46 Å². The number of hydrogen-bond acceptors (Lipinski definition) is 5. The molecule has 5 N–H and O–H groups in total. The third kappa shape index (κ3) is 4.06. The number of rotatable bonds is 5. The average Bonchev–Trinajstić information content (AvgIpc) is 2.23. The summed E-state index contributed by atoms with van der Waals surface area (Å²) in [5, 5.41) is 0.0123. The first kappa shape index (κ1) is 14.6. The highest BCUT2D eigenvalue weighted by atomic mass is 35.5. The van der Waals surface area contributed by atoms with Crippen LogP contribution in [0.5, 0.6) is 0 Å². The minimum atomic E-state index is -3.78. The van der Waals surface area contributed by atoms with Crippen LogP contribution in [0.4, 0.5) is 10.5 Å². The van der Waals surface area contributed by atoms with Gasteiger partial charge in [-0.25, -0.2) is 17.9 Å². The van der Waals surface area contributed by atoms with E-state index >= 15 is 0 Å². The summed E-state index contributed by atoms with van der Waals surface area (Å²) in [4.78, 5) is 10.2. The van der Waals surface area contributed by atoms with Crippen molar-refractivity contribution in [1.82, 2.24) is 4.72 Å². The van der Waals surface area contributed by atoms with Crippen LogP contribution >= 0.6 is 11.6 Å². The Labute approximate surface area is 109 Å². The number of nitrogens with one attached hydrogen (secondary N) is 1. The van der Waals surface area contributed by atoms with Crippen LogP contribution in [0.2, 0.25) is 5.02 Å². The molecular formula is C9H12ClN3O4S. The summed E-state index contributed by atoms with van der Waals surface area (Å²) in [6.07, 6.45) is -0.972. The minimum Gasteiger partial charge on any atom is -0.448 e. The summed E-state index contributed by atoms with van der Waals surface area (Å²) >= 11 is 5.77. The molecule has 9 heteroatoms. The first-order valence-electron chi connectivity index (χ1n) is 4.80. The maximum atomic E-state index is 11.8. The van der Waals surface area contributed by atoms with Gasteiger partial charge in [-0.15, -0.1) is 0 Å². The number of nitrogen functional groups attached to an aromatic ring is 1. The van der Waals surface area contributed by atoms with Crippen molar-refractivity contribution in [3.05, 3.63) is 23.2 Å². The van der Waals surface area contributed by atoms with Gasteiger partial charge in [0.1, 0.15) is 11.5 Å².